The summed E-state index contributed by atoms with van der Waals surface area (Å²) in [6.45, 7) is 2.64. The van der Waals surface area contributed by atoms with Crippen LogP contribution in [0.4, 0.5) is 5.69 Å². The standard InChI is InChI=1S/C24H21ClN2O2/c1-17(16-29-2)9-10-18-11-13-19(14-12-18)20-6-3-4-8-22(20)27-24(28)21-7-5-15-26-23(21)25/h3-8,11-15,17H,16H2,1-2H3,(H,27,28). The van der Waals surface area contributed by atoms with Gasteiger partial charge in [0.2, 0.25) is 0 Å². The number of benzene rings is 2. The largest absolute Gasteiger partial charge is 0.383 e. The highest BCUT2D eigenvalue weighted by Crippen LogP contribution is 2.28. The lowest BCUT2D eigenvalue weighted by molar-refractivity contribution is 0.102. The number of nitrogens with zero attached hydrogens (tertiary/aromatic N) is 1. The number of aromatic nitrogens is 1. The third-order valence-electron chi connectivity index (χ3n) is 4.25. The Bertz CT molecular complexity index is 1050. The second-order valence-corrected chi connectivity index (χ2v) is 6.90. The fourth-order valence-electron chi connectivity index (χ4n) is 2.82. The van der Waals surface area contributed by atoms with Gasteiger partial charge in [0.1, 0.15) is 5.15 Å². The van der Waals surface area contributed by atoms with Crippen molar-refractivity contribution >= 4 is 23.2 Å². The minimum Gasteiger partial charge on any atom is -0.383 e. The number of para-hydroxylation sites is 1. The summed E-state index contributed by atoms with van der Waals surface area (Å²) in [6, 6.07) is 18.9. The van der Waals surface area contributed by atoms with Crippen LogP contribution >= 0.6 is 11.6 Å². The molecule has 3 aromatic rings. The van der Waals surface area contributed by atoms with Crippen LogP contribution in [-0.4, -0.2) is 24.6 Å². The summed E-state index contributed by atoms with van der Waals surface area (Å²) in [5.41, 5.74) is 3.85. The Hall–Kier alpha value is -3.13. The van der Waals surface area contributed by atoms with Crippen LogP contribution in [0.1, 0.15) is 22.8 Å². The van der Waals surface area contributed by atoms with Gasteiger partial charge >= 0.3 is 0 Å². The second-order valence-electron chi connectivity index (χ2n) is 6.54. The number of nitrogens with one attached hydrogen (secondary N) is 1. The van der Waals surface area contributed by atoms with E-state index in [0.29, 0.717) is 17.9 Å². The summed E-state index contributed by atoms with van der Waals surface area (Å²) in [7, 11) is 1.67. The molecule has 1 aromatic heterocycles. The lowest BCUT2D eigenvalue weighted by Crippen LogP contribution is -2.13. The summed E-state index contributed by atoms with van der Waals surface area (Å²) in [5, 5.41) is 3.10. The number of carbonyl (C=O) groups is 1. The van der Waals surface area contributed by atoms with Crippen LogP contribution in [0.15, 0.2) is 66.9 Å². The SMILES string of the molecule is COCC(C)C#Cc1ccc(-c2ccccc2NC(=O)c2cccnc2Cl)cc1. The molecule has 29 heavy (non-hydrogen) atoms. The molecule has 1 heterocycles. The molecule has 1 atom stereocenters. The van der Waals surface area contributed by atoms with Crippen molar-refractivity contribution in [2.75, 3.05) is 19.0 Å². The number of methoxy groups -OCH3 is 1. The molecule has 4 nitrogen and oxygen atoms in total. The Balaban J connectivity index is 1.82. The van der Waals surface area contributed by atoms with Gasteiger partial charge in [-0.25, -0.2) is 4.98 Å². The fourth-order valence-corrected chi connectivity index (χ4v) is 3.03. The zero-order valence-electron chi connectivity index (χ0n) is 16.3. The minimum absolute atomic E-state index is 0.174. The summed E-state index contributed by atoms with van der Waals surface area (Å²) in [4.78, 5) is 16.6. The smallest absolute Gasteiger partial charge is 0.258 e. The van der Waals surface area contributed by atoms with Crippen molar-refractivity contribution in [1.29, 1.82) is 0 Å². The lowest BCUT2D eigenvalue weighted by atomic mass is 10.0. The summed E-state index contributed by atoms with van der Waals surface area (Å²) >= 11 is 6.04. The van der Waals surface area contributed by atoms with E-state index < -0.39 is 0 Å². The average Bonchev–Trinajstić information content (AvgIpc) is 2.73. The topological polar surface area (TPSA) is 51.2 Å². The second kappa shape index (κ2) is 9.88. The van der Waals surface area contributed by atoms with E-state index in [9.17, 15) is 4.79 Å². The van der Waals surface area contributed by atoms with Crippen LogP contribution < -0.4 is 5.32 Å². The zero-order valence-corrected chi connectivity index (χ0v) is 17.0. The maximum Gasteiger partial charge on any atom is 0.258 e. The highest BCUT2D eigenvalue weighted by Gasteiger charge is 2.13. The zero-order chi connectivity index (χ0) is 20.6. The molecule has 0 saturated carbocycles. The van der Waals surface area contributed by atoms with Gasteiger partial charge in [0, 0.05) is 36.0 Å². The van der Waals surface area contributed by atoms with Gasteiger partial charge in [0.25, 0.3) is 5.91 Å². The Morgan fingerprint density at radius 3 is 2.62 bits per heavy atom. The predicted molar refractivity (Wildman–Crippen MR) is 117 cm³/mol. The van der Waals surface area contributed by atoms with Crippen LogP contribution in [0.2, 0.25) is 5.15 Å². The molecule has 0 spiro atoms. The van der Waals surface area contributed by atoms with Gasteiger partial charge in [-0.3, -0.25) is 4.79 Å². The molecule has 0 fully saturated rings. The van der Waals surface area contributed by atoms with Crippen LogP contribution in [-0.2, 0) is 4.74 Å². The first-order chi connectivity index (χ1) is 14.1. The molecule has 2 aromatic carbocycles. The molecule has 0 radical (unpaired) electrons. The summed E-state index contributed by atoms with van der Waals surface area (Å²) < 4.78 is 5.10. The first-order valence-electron chi connectivity index (χ1n) is 9.20. The molecule has 0 aliphatic carbocycles. The Morgan fingerprint density at radius 1 is 1.14 bits per heavy atom. The van der Waals surface area contributed by atoms with Crippen molar-refractivity contribution in [2.45, 2.75) is 6.92 Å². The van der Waals surface area contributed by atoms with Crippen molar-refractivity contribution in [3.63, 3.8) is 0 Å². The van der Waals surface area contributed by atoms with E-state index in [1.54, 1.807) is 25.4 Å². The number of rotatable bonds is 5. The van der Waals surface area contributed by atoms with Gasteiger partial charge < -0.3 is 10.1 Å². The summed E-state index contributed by atoms with van der Waals surface area (Å²) in [5.74, 6) is 6.21. The third kappa shape index (κ3) is 5.45. The Morgan fingerprint density at radius 2 is 1.90 bits per heavy atom. The quantitative estimate of drug-likeness (QED) is 0.464. The van der Waals surface area contributed by atoms with E-state index in [1.807, 2.05) is 55.5 Å². The fraction of sp³-hybridized carbons (Fsp3) is 0.167. The van der Waals surface area contributed by atoms with Crippen molar-refractivity contribution in [3.8, 4) is 23.0 Å². The first kappa shape index (κ1) is 20.6. The number of pyridine rings is 1. The maximum atomic E-state index is 12.6. The van der Waals surface area contributed by atoms with E-state index in [0.717, 1.165) is 16.7 Å². The highest BCUT2D eigenvalue weighted by molar-refractivity contribution is 6.33. The van der Waals surface area contributed by atoms with Crippen LogP contribution in [0.25, 0.3) is 11.1 Å². The molecule has 1 amide bonds. The van der Waals surface area contributed by atoms with Crippen molar-refractivity contribution in [2.24, 2.45) is 5.92 Å². The average molecular weight is 405 g/mol. The van der Waals surface area contributed by atoms with E-state index in [1.165, 1.54) is 0 Å². The Labute approximate surface area is 175 Å². The molecule has 1 unspecified atom stereocenters. The van der Waals surface area contributed by atoms with Crippen molar-refractivity contribution < 1.29 is 9.53 Å². The van der Waals surface area contributed by atoms with Gasteiger partial charge in [-0.1, -0.05) is 53.8 Å². The predicted octanol–water partition coefficient (Wildman–Crippen LogP) is 5.29. The summed E-state index contributed by atoms with van der Waals surface area (Å²) in [6.07, 6.45) is 1.55. The molecule has 0 saturated heterocycles. The molecular weight excluding hydrogens is 384 g/mol. The number of carbonyl (C=O) groups excluding carboxylic acids is 1. The molecule has 5 heteroatoms. The van der Waals surface area contributed by atoms with Crippen LogP contribution in [0.5, 0.6) is 0 Å². The van der Waals surface area contributed by atoms with Crippen LogP contribution in [0.3, 0.4) is 0 Å². The first-order valence-corrected chi connectivity index (χ1v) is 9.58. The third-order valence-corrected chi connectivity index (χ3v) is 4.56. The number of ether oxygens (including phenoxy) is 1. The molecule has 0 aliphatic rings. The Kier molecular flexibility index (Phi) is 7.02. The molecule has 146 valence electrons. The van der Waals surface area contributed by atoms with Gasteiger partial charge in [-0.05, 0) is 42.8 Å². The molecule has 1 N–H and O–H groups in total. The van der Waals surface area contributed by atoms with E-state index in [2.05, 4.69) is 22.1 Å². The normalized spacial score (nSPS) is 11.3. The number of hydrogen-bond donors (Lipinski definition) is 1. The van der Waals surface area contributed by atoms with Gasteiger partial charge in [-0.2, -0.15) is 0 Å². The minimum atomic E-state index is -0.301. The van der Waals surface area contributed by atoms with Crippen molar-refractivity contribution in [1.82, 2.24) is 4.98 Å². The van der Waals surface area contributed by atoms with Crippen molar-refractivity contribution in [3.05, 3.63) is 83.1 Å². The van der Waals surface area contributed by atoms with E-state index in [-0.39, 0.29) is 17.0 Å². The van der Waals surface area contributed by atoms with Gasteiger partial charge in [0.05, 0.1) is 12.2 Å². The number of halogens is 1. The van der Waals surface area contributed by atoms with Crippen LogP contribution in [0, 0.1) is 17.8 Å². The number of amides is 1. The van der Waals surface area contributed by atoms with E-state index >= 15 is 0 Å². The number of anilines is 1. The molecular formula is C24H21ClN2O2. The highest BCUT2D eigenvalue weighted by atomic mass is 35.5. The van der Waals surface area contributed by atoms with Gasteiger partial charge in [-0.15, -0.1) is 0 Å². The molecule has 0 bridgehead atoms. The van der Waals surface area contributed by atoms with Gasteiger partial charge in [0.15, 0.2) is 0 Å². The number of hydrogen-bond acceptors (Lipinski definition) is 3. The molecule has 3 rings (SSSR count). The van der Waals surface area contributed by atoms with E-state index in [4.69, 9.17) is 16.3 Å². The monoisotopic (exact) mass is 404 g/mol. The maximum absolute atomic E-state index is 12.6. The molecule has 0 aliphatic heterocycles. The lowest BCUT2D eigenvalue weighted by Gasteiger charge is -2.12.